The molecule has 2 aromatic rings. The number of hydrogen-bond acceptors (Lipinski definition) is 1. The number of aromatic nitrogens is 1. The van der Waals surface area contributed by atoms with Gasteiger partial charge in [0.2, 0.25) is 5.91 Å². The predicted octanol–water partition coefficient (Wildman–Crippen LogP) is -0.396. The van der Waals surface area contributed by atoms with Crippen molar-refractivity contribution in [2.75, 3.05) is 0 Å². The zero-order valence-electron chi connectivity index (χ0n) is 12.3. The number of rotatable bonds is 7. The van der Waals surface area contributed by atoms with E-state index in [4.69, 9.17) is 0 Å². The minimum absolute atomic E-state index is 0. The standard InChI is InChI=1S/C17H19FN2O.BrH/c18-16-9-7-15(8-10-16)14-19-17(21)6-2-5-13-20-11-3-1-4-12-20;/h1,3-4,7-12H,2,5-6,13-14H2;1H. The molecule has 5 heteroatoms. The lowest BCUT2D eigenvalue weighted by Gasteiger charge is -2.05. The molecule has 0 fully saturated rings. The topological polar surface area (TPSA) is 33.0 Å². The van der Waals surface area contributed by atoms with Crippen molar-refractivity contribution in [3.05, 3.63) is 66.2 Å². The maximum atomic E-state index is 12.7. The molecule has 0 unspecified atom stereocenters. The first-order valence-electron chi connectivity index (χ1n) is 7.19. The van der Waals surface area contributed by atoms with Crippen molar-refractivity contribution >= 4 is 5.91 Å². The van der Waals surface area contributed by atoms with Crippen LogP contribution in [0.4, 0.5) is 4.39 Å². The maximum absolute atomic E-state index is 12.7. The summed E-state index contributed by atoms with van der Waals surface area (Å²) in [5.41, 5.74) is 0.907. The van der Waals surface area contributed by atoms with Crippen LogP contribution in [0.25, 0.3) is 0 Å². The Labute approximate surface area is 140 Å². The van der Waals surface area contributed by atoms with Gasteiger partial charge in [-0.2, -0.15) is 0 Å². The van der Waals surface area contributed by atoms with Crippen LogP contribution in [0, 0.1) is 5.82 Å². The fourth-order valence-corrected chi connectivity index (χ4v) is 2.05. The van der Waals surface area contributed by atoms with E-state index in [-0.39, 0.29) is 28.7 Å². The van der Waals surface area contributed by atoms with Gasteiger partial charge in [0, 0.05) is 31.5 Å². The molecule has 0 saturated carbocycles. The number of carbonyl (C=O) groups is 1. The maximum Gasteiger partial charge on any atom is 0.220 e. The van der Waals surface area contributed by atoms with Gasteiger partial charge in [-0.15, -0.1) is 0 Å². The smallest absolute Gasteiger partial charge is 0.220 e. The minimum Gasteiger partial charge on any atom is -1.00 e. The molecule has 0 aliphatic carbocycles. The molecule has 3 nitrogen and oxygen atoms in total. The Bertz CT molecular complexity index is 561. The molecule has 0 spiro atoms. The number of nitrogens with one attached hydrogen (secondary N) is 1. The second-order valence-corrected chi connectivity index (χ2v) is 4.97. The van der Waals surface area contributed by atoms with E-state index in [0.29, 0.717) is 13.0 Å². The van der Waals surface area contributed by atoms with E-state index in [2.05, 4.69) is 9.88 Å². The molecule has 1 N–H and O–H groups in total. The Balaban J connectivity index is 0.00000242. The largest absolute Gasteiger partial charge is 1.00 e. The normalized spacial score (nSPS) is 9.86. The molecule has 0 bridgehead atoms. The molecule has 2 rings (SSSR count). The van der Waals surface area contributed by atoms with E-state index in [1.165, 1.54) is 12.1 Å². The van der Waals surface area contributed by atoms with E-state index < -0.39 is 0 Å². The minimum atomic E-state index is -0.261. The number of amides is 1. The first-order chi connectivity index (χ1) is 10.2. The summed E-state index contributed by atoms with van der Waals surface area (Å²) >= 11 is 0. The van der Waals surface area contributed by atoms with Crippen LogP contribution in [0.5, 0.6) is 0 Å². The van der Waals surface area contributed by atoms with Crippen molar-refractivity contribution in [2.45, 2.75) is 32.4 Å². The van der Waals surface area contributed by atoms with Gasteiger partial charge in [-0.25, -0.2) is 8.96 Å². The zero-order chi connectivity index (χ0) is 14.9. The number of benzene rings is 1. The lowest BCUT2D eigenvalue weighted by molar-refractivity contribution is -0.697. The molecule has 1 amide bonds. The van der Waals surface area contributed by atoms with E-state index >= 15 is 0 Å². The number of unbranched alkanes of at least 4 members (excludes halogenated alkanes) is 1. The average Bonchev–Trinajstić information content (AvgIpc) is 2.52. The Morgan fingerprint density at radius 3 is 2.41 bits per heavy atom. The van der Waals surface area contributed by atoms with E-state index in [1.54, 1.807) is 12.1 Å². The number of carbonyl (C=O) groups excluding carboxylic acids is 1. The quantitative estimate of drug-likeness (QED) is 0.525. The van der Waals surface area contributed by atoms with Gasteiger partial charge in [0.1, 0.15) is 12.4 Å². The van der Waals surface area contributed by atoms with Crippen LogP contribution in [0.2, 0.25) is 0 Å². The van der Waals surface area contributed by atoms with Crippen molar-refractivity contribution in [3.63, 3.8) is 0 Å². The van der Waals surface area contributed by atoms with Gasteiger partial charge in [-0.1, -0.05) is 18.2 Å². The highest BCUT2D eigenvalue weighted by Crippen LogP contribution is 2.02. The van der Waals surface area contributed by atoms with Crippen LogP contribution >= 0.6 is 0 Å². The van der Waals surface area contributed by atoms with Crippen molar-refractivity contribution in [1.82, 2.24) is 5.32 Å². The monoisotopic (exact) mass is 366 g/mol. The first kappa shape index (κ1) is 18.3. The van der Waals surface area contributed by atoms with Gasteiger partial charge in [0.05, 0.1) is 0 Å². The summed E-state index contributed by atoms with van der Waals surface area (Å²) in [5.74, 6) is -0.221. The second kappa shape index (κ2) is 10.1. The number of pyridine rings is 1. The van der Waals surface area contributed by atoms with Gasteiger partial charge in [0.25, 0.3) is 0 Å². The van der Waals surface area contributed by atoms with Crippen molar-refractivity contribution in [1.29, 1.82) is 0 Å². The highest BCUT2D eigenvalue weighted by atomic mass is 79.9. The molecule has 1 heterocycles. The van der Waals surface area contributed by atoms with Crippen LogP contribution < -0.4 is 26.9 Å². The second-order valence-electron chi connectivity index (χ2n) is 4.97. The zero-order valence-corrected chi connectivity index (χ0v) is 13.9. The van der Waals surface area contributed by atoms with Gasteiger partial charge in [-0.3, -0.25) is 4.79 Å². The number of aryl methyl sites for hydroxylation is 1. The van der Waals surface area contributed by atoms with Crippen molar-refractivity contribution < 1.29 is 30.7 Å². The van der Waals surface area contributed by atoms with Crippen molar-refractivity contribution in [2.24, 2.45) is 0 Å². The molecule has 0 saturated heterocycles. The average molecular weight is 367 g/mol. The van der Waals surface area contributed by atoms with Crippen LogP contribution in [-0.2, 0) is 17.9 Å². The molecule has 1 aromatic heterocycles. The third kappa shape index (κ3) is 6.80. The van der Waals surface area contributed by atoms with E-state index in [9.17, 15) is 9.18 Å². The van der Waals surface area contributed by atoms with Gasteiger partial charge < -0.3 is 22.3 Å². The molecule has 0 aliphatic heterocycles. The summed E-state index contributed by atoms with van der Waals surface area (Å²) < 4.78 is 14.8. The number of hydrogen-bond donors (Lipinski definition) is 1. The number of halogens is 2. The summed E-state index contributed by atoms with van der Waals surface area (Å²) in [6, 6.07) is 12.1. The molecule has 0 radical (unpaired) electrons. The Hall–Kier alpha value is -1.75. The van der Waals surface area contributed by atoms with Gasteiger partial charge >= 0.3 is 0 Å². The molecule has 0 atom stereocenters. The molecule has 22 heavy (non-hydrogen) atoms. The summed E-state index contributed by atoms with van der Waals surface area (Å²) in [5, 5.41) is 2.85. The predicted molar refractivity (Wildman–Crippen MR) is 78.7 cm³/mol. The van der Waals surface area contributed by atoms with Crippen LogP contribution in [0.3, 0.4) is 0 Å². The summed E-state index contributed by atoms with van der Waals surface area (Å²) in [6.07, 6.45) is 6.40. The summed E-state index contributed by atoms with van der Waals surface area (Å²) in [7, 11) is 0. The molecular formula is C17H20BrFN2O. The molecular weight excluding hydrogens is 347 g/mol. The SMILES string of the molecule is O=C(CCCC[n+]1ccccc1)NCc1ccc(F)cc1.[Br-]. The highest BCUT2D eigenvalue weighted by molar-refractivity contribution is 5.75. The lowest BCUT2D eigenvalue weighted by atomic mass is 10.2. The highest BCUT2D eigenvalue weighted by Gasteiger charge is 2.03. The first-order valence-corrected chi connectivity index (χ1v) is 7.19. The molecule has 0 aliphatic rings. The third-order valence-corrected chi connectivity index (χ3v) is 3.25. The fourth-order valence-electron chi connectivity index (χ4n) is 2.05. The Kier molecular flexibility index (Phi) is 8.36. The van der Waals surface area contributed by atoms with Crippen LogP contribution in [-0.4, -0.2) is 5.91 Å². The molecule has 1 aromatic carbocycles. The van der Waals surface area contributed by atoms with Gasteiger partial charge in [0.15, 0.2) is 12.4 Å². The lowest BCUT2D eigenvalue weighted by Crippen LogP contribution is -3.00. The summed E-state index contributed by atoms with van der Waals surface area (Å²) in [4.78, 5) is 11.7. The van der Waals surface area contributed by atoms with Crippen molar-refractivity contribution in [3.8, 4) is 0 Å². The Morgan fingerprint density at radius 1 is 1.05 bits per heavy atom. The fraction of sp³-hybridized carbons (Fsp3) is 0.294. The Morgan fingerprint density at radius 2 is 1.73 bits per heavy atom. The number of nitrogens with zero attached hydrogens (tertiary/aromatic N) is 1. The van der Waals surface area contributed by atoms with Gasteiger partial charge in [-0.05, 0) is 24.1 Å². The molecule has 118 valence electrons. The summed E-state index contributed by atoms with van der Waals surface area (Å²) in [6.45, 7) is 1.37. The van der Waals surface area contributed by atoms with Crippen LogP contribution in [0.1, 0.15) is 24.8 Å². The van der Waals surface area contributed by atoms with E-state index in [1.807, 2.05) is 30.6 Å². The third-order valence-electron chi connectivity index (χ3n) is 3.25. The van der Waals surface area contributed by atoms with Crippen LogP contribution in [0.15, 0.2) is 54.9 Å². The van der Waals surface area contributed by atoms with E-state index in [0.717, 1.165) is 24.9 Å².